The van der Waals surface area contributed by atoms with Gasteiger partial charge in [0.15, 0.2) is 0 Å². The van der Waals surface area contributed by atoms with Gasteiger partial charge in [-0.25, -0.2) is 0 Å². The second kappa shape index (κ2) is 11.0. The van der Waals surface area contributed by atoms with Crippen LogP contribution in [0.3, 0.4) is 0 Å². The molecule has 1 N–H and O–H groups in total. The number of aliphatic hydroxyl groups is 1. The molecule has 58 valence electrons. The Morgan fingerprint density at radius 3 is 1.67 bits per heavy atom. The number of rotatable bonds is 2. The molecule has 0 heterocycles. The second-order valence-corrected chi connectivity index (χ2v) is 5.91. The summed E-state index contributed by atoms with van der Waals surface area (Å²) in [5.74, 6) is 0. The monoisotopic (exact) mass is 150 g/mol. The van der Waals surface area contributed by atoms with Gasteiger partial charge in [-0.15, -0.1) is 0 Å². The van der Waals surface area contributed by atoms with Crippen LogP contribution in [-0.2, 0) is 4.74 Å². The van der Waals surface area contributed by atoms with Crippen LogP contribution in [0.1, 0.15) is 0 Å². The number of aliphatic hydroxyl groups excluding tert-OH is 1. The lowest BCUT2D eigenvalue weighted by Gasteiger charge is -1.84. The quantitative estimate of drug-likeness (QED) is 0.588. The lowest BCUT2D eigenvalue weighted by atomic mass is 10.8. The summed E-state index contributed by atoms with van der Waals surface area (Å²) >= 11 is 0. The zero-order valence-corrected chi connectivity index (χ0v) is 8.00. The predicted octanol–water partition coefficient (Wildman–Crippen LogP) is 0.728. The fourth-order valence-electron chi connectivity index (χ4n) is 0.0913. The fourth-order valence-corrected chi connectivity index (χ4v) is 0.0913. The Balaban J connectivity index is 0. The van der Waals surface area contributed by atoms with E-state index in [1.807, 2.05) is 0 Å². The van der Waals surface area contributed by atoms with Crippen molar-refractivity contribution < 1.29 is 9.84 Å². The van der Waals surface area contributed by atoms with Crippen LogP contribution in [0.25, 0.3) is 0 Å². The molecule has 0 saturated heterocycles. The fraction of sp³-hybridized carbons (Fsp3) is 1.00. The molecule has 0 aromatic carbocycles. The van der Waals surface area contributed by atoms with Crippen molar-refractivity contribution in [2.45, 2.75) is 19.6 Å². The second-order valence-electron chi connectivity index (χ2n) is 2.45. The molecule has 0 amide bonds. The Kier molecular flexibility index (Phi) is 14.5. The van der Waals surface area contributed by atoms with E-state index >= 15 is 0 Å². The first-order chi connectivity index (χ1) is 4.15. The molecule has 0 aliphatic rings. The van der Waals surface area contributed by atoms with Gasteiger partial charge in [0.2, 0.25) is 0 Å². The predicted molar refractivity (Wildman–Crippen MR) is 43.7 cm³/mol. The van der Waals surface area contributed by atoms with Crippen LogP contribution in [0.5, 0.6) is 0 Å². The highest BCUT2D eigenvalue weighted by atomic mass is 28.3. The largest absolute Gasteiger partial charge is 0.394 e. The topological polar surface area (TPSA) is 29.5 Å². The number of hydrogen-bond donors (Lipinski definition) is 1. The maximum atomic E-state index is 7.94. The van der Waals surface area contributed by atoms with Crippen molar-refractivity contribution >= 4 is 8.80 Å². The first-order valence-corrected chi connectivity index (χ1v) is 6.71. The van der Waals surface area contributed by atoms with Gasteiger partial charge in [-0.2, -0.15) is 0 Å². The van der Waals surface area contributed by atoms with Crippen molar-refractivity contribution in [3.63, 3.8) is 0 Å². The van der Waals surface area contributed by atoms with Gasteiger partial charge in [-0.05, 0) is 0 Å². The van der Waals surface area contributed by atoms with Crippen molar-refractivity contribution in [1.29, 1.82) is 0 Å². The molecule has 0 aliphatic carbocycles. The zero-order chi connectivity index (χ0) is 7.70. The molecule has 2 nitrogen and oxygen atoms in total. The lowest BCUT2D eigenvalue weighted by molar-refractivity contribution is 0.135. The van der Waals surface area contributed by atoms with E-state index in [1.165, 1.54) is 0 Å². The Morgan fingerprint density at radius 1 is 1.33 bits per heavy atom. The van der Waals surface area contributed by atoms with E-state index in [9.17, 15) is 0 Å². The summed E-state index contributed by atoms with van der Waals surface area (Å²) in [6.07, 6.45) is 0. The van der Waals surface area contributed by atoms with Crippen LogP contribution in [-0.4, -0.2) is 34.2 Å². The molecule has 9 heavy (non-hydrogen) atoms. The van der Waals surface area contributed by atoms with Crippen LogP contribution in [0.15, 0.2) is 0 Å². The molecule has 0 atom stereocenters. The summed E-state index contributed by atoms with van der Waals surface area (Å²) in [6, 6.07) is 0. The minimum Gasteiger partial charge on any atom is -0.394 e. The summed E-state index contributed by atoms with van der Waals surface area (Å²) < 4.78 is 4.44. The summed E-state index contributed by atoms with van der Waals surface area (Å²) in [6.45, 7) is 7.48. The molecule has 0 bridgehead atoms. The normalized spacial score (nSPS) is 8.67. The van der Waals surface area contributed by atoms with Gasteiger partial charge in [0.25, 0.3) is 0 Å². The van der Waals surface area contributed by atoms with Crippen LogP contribution in [0.4, 0.5) is 0 Å². The Hall–Kier alpha value is 0.137. The van der Waals surface area contributed by atoms with Gasteiger partial charge in [0.1, 0.15) is 0 Å². The van der Waals surface area contributed by atoms with E-state index in [-0.39, 0.29) is 15.4 Å². The van der Waals surface area contributed by atoms with Crippen molar-refractivity contribution in [3.05, 3.63) is 0 Å². The van der Waals surface area contributed by atoms with E-state index in [2.05, 4.69) is 24.4 Å². The first-order valence-electron chi connectivity index (χ1n) is 3.25. The highest BCUT2D eigenvalue weighted by Gasteiger charge is 1.71. The van der Waals surface area contributed by atoms with Crippen LogP contribution >= 0.6 is 0 Å². The standard InChI is InChI=1S/C3H8O2.C3H10Si/c1-5-3-2-4;1-4(2)3/h4H,2-3H2,1H3;4H,1-3H3. The van der Waals surface area contributed by atoms with Gasteiger partial charge in [0, 0.05) is 15.9 Å². The highest BCUT2D eigenvalue weighted by Crippen LogP contribution is 1.68. The van der Waals surface area contributed by atoms with E-state index in [1.54, 1.807) is 7.11 Å². The summed E-state index contributed by atoms with van der Waals surface area (Å²) in [5, 5.41) is 7.94. The lowest BCUT2D eigenvalue weighted by Crippen LogP contribution is -1.91. The summed E-state index contributed by atoms with van der Waals surface area (Å²) in [5.41, 5.74) is 0. The van der Waals surface area contributed by atoms with E-state index in [0.717, 1.165) is 0 Å². The van der Waals surface area contributed by atoms with E-state index in [0.29, 0.717) is 6.61 Å². The molecule has 0 radical (unpaired) electrons. The number of hydrogen-bond acceptors (Lipinski definition) is 2. The molecule has 3 heteroatoms. The third-order valence-electron chi connectivity index (χ3n) is 0.295. The van der Waals surface area contributed by atoms with E-state index < -0.39 is 0 Å². The van der Waals surface area contributed by atoms with Gasteiger partial charge in [-0.1, -0.05) is 19.6 Å². The molecule has 0 saturated carbocycles. The van der Waals surface area contributed by atoms with Gasteiger partial charge < -0.3 is 9.84 Å². The zero-order valence-electron chi connectivity index (χ0n) is 6.85. The minimum atomic E-state index is -0.139. The van der Waals surface area contributed by atoms with Gasteiger partial charge in [0.05, 0.1) is 13.2 Å². The maximum absolute atomic E-state index is 7.94. The third-order valence-corrected chi connectivity index (χ3v) is 0.295. The molecule has 0 aromatic rings. The highest BCUT2D eigenvalue weighted by molar-refractivity contribution is 6.54. The number of ether oxygens (including phenoxy) is 1. The smallest absolute Gasteiger partial charge is 0.0693 e. The Bertz CT molecular complexity index is 35.3. The molecular formula is C6H18O2Si. The average Bonchev–Trinajstić information content (AvgIpc) is 1.66. The molecule has 0 aromatic heterocycles. The Labute approximate surface area is 59.5 Å². The minimum absolute atomic E-state index is 0.122. The molecule has 0 fully saturated rings. The Morgan fingerprint density at radius 2 is 1.67 bits per heavy atom. The van der Waals surface area contributed by atoms with Crippen molar-refractivity contribution in [1.82, 2.24) is 0 Å². The average molecular weight is 150 g/mol. The summed E-state index contributed by atoms with van der Waals surface area (Å²) in [4.78, 5) is 0. The SMILES string of the molecule is COCCO.C[SiH](C)C. The molecule has 0 spiro atoms. The molecule has 0 aliphatic heterocycles. The van der Waals surface area contributed by atoms with Gasteiger partial charge >= 0.3 is 0 Å². The number of methoxy groups -OCH3 is 1. The van der Waals surface area contributed by atoms with Crippen molar-refractivity contribution in [2.24, 2.45) is 0 Å². The first kappa shape index (κ1) is 11.9. The van der Waals surface area contributed by atoms with E-state index in [4.69, 9.17) is 5.11 Å². The van der Waals surface area contributed by atoms with Crippen molar-refractivity contribution in [2.75, 3.05) is 20.3 Å². The third kappa shape index (κ3) is 67.1. The van der Waals surface area contributed by atoms with Crippen molar-refractivity contribution in [3.8, 4) is 0 Å². The van der Waals surface area contributed by atoms with Gasteiger partial charge in [-0.3, -0.25) is 0 Å². The van der Waals surface area contributed by atoms with Crippen LogP contribution in [0.2, 0.25) is 19.6 Å². The molecule has 0 unspecified atom stereocenters. The van der Waals surface area contributed by atoms with Crippen LogP contribution in [0, 0.1) is 0 Å². The maximum Gasteiger partial charge on any atom is 0.0693 e. The van der Waals surface area contributed by atoms with Crippen LogP contribution < -0.4 is 0 Å². The summed E-state index contributed by atoms with van der Waals surface area (Å²) in [7, 11) is 1.41. The molecular weight excluding hydrogens is 132 g/mol. The molecule has 0 rings (SSSR count).